The Labute approximate surface area is 106 Å². The van der Waals surface area contributed by atoms with Crippen molar-refractivity contribution in [1.82, 2.24) is 9.97 Å². The molecule has 0 amide bonds. The van der Waals surface area contributed by atoms with E-state index >= 15 is 0 Å². The largest absolute Gasteiger partial charge is 0.367 e. The molecule has 0 radical (unpaired) electrons. The molecule has 1 N–H and O–H groups in total. The van der Waals surface area contributed by atoms with Crippen molar-refractivity contribution >= 4 is 17.2 Å². The first-order valence-corrected chi connectivity index (χ1v) is 6.10. The molecule has 0 atom stereocenters. The van der Waals surface area contributed by atoms with Gasteiger partial charge in [0.15, 0.2) is 17.5 Å². The zero-order valence-electron chi connectivity index (χ0n) is 9.51. The molecule has 2 aromatic rings. The summed E-state index contributed by atoms with van der Waals surface area (Å²) in [6.07, 6.45) is 0.568. The van der Waals surface area contributed by atoms with Crippen molar-refractivity contribution in [2.24, 2.45) is 0 Å². The summed E-state index contributed by atoms with van der Waals surface area (Å²) in [5, 5.41) is 5.41. The molecule has 0 aromatic carbocycles. The molecule has 3 nitrogen and oxygen atoms in total. The lowest BCUT2D eigenvalue weighted by molar-refractivity contribution is 0.466. The topological polar surface area (TPSA) is 37.8 Å². The van der Waals surface area contributed by atoms with Crippen LogP contribution in [0.2, 0.25) is 0 Å². The van der Waals surface area contributed by atoms with Crippen LogP contribution in [0, 0.1) is 24.5 Å². The van der Waals surface area contributed by atoms with Crippen molar-refractivity contribution in [2.45, 2.75) is 13.3 Å². The van der Waals surface area contributed by atoms with Gasteiger partial charge in [-0.05, 0) is 6.92 Å². The molecular weight excluding hydrogens is 263 g/mol. The quantitative estimate of drug-likeness (QED) is 0.870. The number of aromatic nitrogens is 2. The van der Waals surface area contributed by atoms with Crippen LogP contribution in [0.3, 0.4) is 0 Å². The molecule has 0 spiro atoms. The van der Waals surface area contributed by atoms with E-state index in [-0.39, 0.29) is 5.82 Å². The van der Waals surface area contributed by atoms with E-state index in [4.69, 9.17) is 0 Å². The predicted octanol–water partition coefficient (Wildman–Crippen LogP) is 2.92. The monoisotopic (exact) mass is 273 g/mol. The number of nitrogens with zero attached hydrogens (tertiary/aromatic N) is 2. The van der Waals surface area contributed by atoms with Crippen molar-refractivity contribution < 1.29 is 13.2 Å². The molecule has 2 heterocycles. The summed E-state index contributed by atoms with van der Waals surface area (Å²) < 4.78 is 38.7. The molecule has 0 aliphatic heterocycles. The van der Waals surface area contributed by atoms with Gasteiger partial charge in [-0.3, -0.25) is 0 Å². The predicted molar refractivity (Wildman–Crippen MR) is 63.2 cm³/mol. The standard InChI is InChI=1S/C11H10F3N3S/c1-6-5-18-9(16-6)2-3-15-11-8(13)4-7(12)10(14)17-11/h4-5H,2-3H2,1H3,(H,15,17). The van der Waals surface area contributed by atoms with Crippen molar-refractivity contribution in [2.75, 3.05) is 11.9 Å². The summed E-state index contributed by atoms with van der Waals surface area (Å²) in [6, 6.07) is 0.470. The normalized spacial score (nSPS) is 10.7. The number of nitrogens with one attached hydrogen (secondary N) is 1. The highest BCUT2D eigenvalue weighted by molar-refractivity contribution is 7.09. The smallest absolute Gasteiger partial charge is 0.251 e. The molecule has 0 aliphatic rings. The molecule has 0 bridgehead atoms. The lowest BCUT2D eigenvalue weighted by Gasteiger charge is -2.05. The molecule has 0 aliphatic carbocycles. The van der Waals surface area contributed by atoms with Crippen LogP contribution in [0.5, 0.6) is 0 Å². The van der Waals surface area contributed by atoms with Crippen LogP contribution >= 0.6 is 11.3 Å². The van der Waals surface area contributed by atoms with Crippen LogP contribution in [-0.2, 0) is 6.42 Å². The molecular formula is C11H10F3N3S. The number of thiazole rings is 1. The van der Waals surface area contributed by atoms with Gasteiger partial charge in [0.1, 0.15) is 0 Å². The zero-order valence-corrected chi connectivity index (χ0v) is 10.3. The summed E-state index contributed by atoms with van der Waals surface area (Å²) in [5.41, 5.74) is 0.923. The average molecular weight is 273 g/mol. The fourth-order valence-corrected chi connectivity index (χ4v) is 2.15. The molecule has 96 valence electrons. The number of aryl methyl sites for hydroxylation is 1. The van der Waals surface area contributed by atoms with E-state index in [2.05, 4.69) is 15.3 Å². The van der Waals surface area contributed by atoms with Crippen molar-refractivity contribution in [3.8, 4) is 0 Å². The first kappa shape index (κ1) is 12.8. The molecule has 2 rings (SSSR count). The molecule has 0 saturated heterocycles. The highest BCUT2D eigenvalue weighted by atomic mass is 32.1. The van der Waals surface area contributed by atoms with Gasteiger partial charge in [-0.25, -0.2) is 13.8 Å². The number of rotatable bonds is 4. The van der Waals surface area contributed by atoms with Crippen LogP contribution in [-0.4, -0.2) is 16.5 Å². The van der Waals surface area contributed by atoms with Gasteiger partial charge in [0, 0.05) is 30.1 Å². The molecule has 7 heteroatoms. The van der Waals surface area contributed by atoms with Gasteiger partial charge < -0.3 is 5.32 Å². The lowest BCUT2D eigenvalue weighted by Crippen LogP contribution is -2.09. The van der Waals surface area contributed by atoms with E-state index in [1.165, 1.54) is 11.3 Å². The fourth-order valence-electron chi connectivity index (χ4n) is 1.37. The number of hydrogen-bond acceptors (Lipinski definition) is 4. The minimum absolute atomic E-state index is 0.290. The third kappa shape index (κ3) is 2.98. The first-order valence-electron chi connectivity index (χ1n) is 5.22. The molecule has 18 heavy (non-hydrogen) atoms. The van der Waals surface area contributed by atoms with E-state index in [9.17, 15) is 13.2 Å². The maximum absolute atomic E-state index is 13.2. The minimum Gasteiger partial charge on any atom is -0.367 e. The zero-order chi connectivity index (χ0) is 13.1. The van der Waals surface area contributed by atoms with Crippen LogP contribution in [0.1, 0.15) is 10.7 Å². The maximum Gasteiger partial charge on any atom is 0.251 e. The Bertz CT molecular complexity index is 556. The van der Waals surface area contributed by atoms with Crippen LogP contribution in [0.15, 0.2) is 11.4 Å². The number of hydrogen-bond donors (Lipinski definition) is 1. The van der Waals surface area contributed by atoms with Crippen molar-refractivity contribution in [3.05, 3.63) is 39.7 Å². The molecule has 0 saturated carbocycles. The number of pyridine rings is 1. The molecule has 0 fully saturated rings. The Morgan fingerprint density at radius 3 is 2.67 bits per heavy atom. The van der Waals surface area contributed by atoms with E-state index in [0.717, 1.165) is 10.7 Å². The summed E-state index contributed by atoms with van der Waals surface area (Å²) in [7, 11) is 0. The average Bonchev–Trinajstić information content (AvgIpc) is 2.71. The Kier molecular flexibility index (Phi) is 3.81. The first-order chi connectivity index (χ1) is 8.56. The van der Waals surface area contributed by atoms with Crippen molar-refractivity contribution in [1.29, 1.82) is 0 Å². The van der Waals surface area contributed by atoms with Gasteiger partial charge in [-0.1, -0.05) is 0 Å². The molecule has 2 aromatic heterocycles. The highest BCUT2D eigenvalue weighted by Crippen LogP contribution is 2.15. The summed E-state index contributed by atoms with van der Waals surface area (Å²) in [6.45, 7) is 2.23. The van der Waals surface area contributed by atoms with Gasteiger partial charge in [0.25, 0.3) is 5.95 Å². The van der Waals surface area contributed by atoms with Crippen LogP contribution in [0.4, 0.5) is 19.0 Å². The van der Waals surface area contributed by atoms with Crippen LogP contribution in [0.25, 0.3) is 0 Å². The second-order valence-electron chi connectivity index (χ2n) is 3.65. The summed E-state index contributed by atoms with van der Waals surface area (Å²) >= 11 is 1.50. The fraction of sp³-hybridized carbons (Fsp3) is 0.273. The van der Waals surface area contributed by atoms with E-state index in [1.54, 1.807) is 0 Å². The lowest BCUT2D eigenvalue weighted by atomic mass is 10.4. The second-order valence-corrected chi connectivity index (χ2v) is 4.59. The van der Waals surface area contributed by atoms with Crippen molar-refractivity contribution in [3.63, 3.8) is 0 Å². The van der Waals surface area contributed by atoms with E-state index < -0.39 is 17.6 Å². The van der Waals surface area contributed by atoms with Gasteiger partial charge in [-0.2, -0.15) is 9.37 Å². The Hall–Kier alpha value is -1.63. The van der Waals surface area contributed by atoms with Gasteiger partial charge >= 0.3 is 0 Å². The second kappa shape index (κ2) is 5.34. The third-order valence-corrected chi connectivity index (χ3v) is 3.21. The maximum atomic E-state index is 13.2. The van der Waals surface area contributed by atoms with Crippen LogP contribution < -0.4 is 5.32 Å². The number of halogens is 3. The van der Waals surface area contributed by atoms with Gasteiger partial charge in [-0.15, -0.1) is 11.3 Å². The van der Waals surface area contributed by atoms with Gasteiger partial charge in [0.05, 0.1) is 5.01 Å². The SMILES string of the molecule is Cc1csc(CCNc2nc(F)c(F)cc2F)n1. The Morgan fingerprint density at radius 1 is 1.22 bits per heavy atom. The number of anilines is 1. The minimum atomic E-state index is -1.32. The summed E-state index contributed by atoms with van der Waals surface area (Å²) in [4.78, 5) is 7.39. The van der Waals surface area contributed by atoms with E-state index in [0.29, 0.717) is 19.0 Å². The highest BCUT2D eigenvalue weighted by Gasteiger charge is 2.11. The Morgan fingerprint density at radius 2 is 2.00 bits per heavy atom. The molecule has 0 unspecified atom stereocenters. The summed E-state index contributed by atoms with van der Waals surface area (Å²) in [5.74, 6) is -3.82. The van der Waals surface area contributed by atoms with E-state index in [1.807, 2.05) is 12.3 Å². The van der Waals surface area contributed by atoms with Gasteiger partial charge in [0.2, 0.25) is 0 Å². The Balaban J connectivity index is 1.96. The third-order valence-electron chi connectivity index (χ3n) is 2.18.